The number of aryl methyl sites for hydroxylation is 2. The molecular weight excluding hydrogens is 328 g/mol. The van der Waals surface area contributed by atoms with Gasteiger partial charge in [-0.05, 0) is 74.2 Å². The third kappa shape index (κ3) is 3.74. The van der Waals surface area contributed by atoms with Gasteiger partial charge in [-0.2, -0.15) is 0 Å². The number of aromatic nitrogens is 2. The second kappa shape index (κ2) is 7.00. The van der Waals surface area contributed by atoms with Gasteiger partial charge >= 0.3 is 6.03 Å². The van der Waals surface area contributed by atoms with Gasteiger partial charge in [0, 0.05) is 6.04 Å². The Morgan fingerprint density at radius 1 is 1.04 bits per heavy atom. The van der Waals surface area contributed by atoms with Gasteiger partial charge in [0.2, 0.25) is 0 Å². The molecule has 0 aliphatic heterocycles. The van der Waals surface area contributed by atoms with Crippen LogP contribution >= 0.6 is 0 Å². The zero-order valence-electron chi connectivity index (χ0n) is 15.3. The fraction of sp³-hybridized carbons (Fsp3) is 0.250. The van der Waals surface area contributed by atoms with E-state index in [0.29, 0.717) is 17.1 Å². The van der Waals surface area contributed by atoms with Crippen LogP contribution in [0, 0.1) is 13.8 Å². The molecule has 0 atom stereocenters. The van der Waals surface area contributed by atoms with Crippen LogP contribution in [0.3, 0.4) is 0 Å². The molecule has 0 unspecified atom stereocenters. The average molecular weight is 350 g/mol. The first-order chi connectivity index (χ1) is 12.3. The number of anilines is 1. The summed E-state index contributed by atoms with van der Waals surface area (Å²) in [6.45, 7) is 7.53. The summed E-state index contributed by atoms with van der Waals surface area (Å²) >= 11 is 0. The normalized spacial score (nSPS) is 11.0. The van der Waals surface area contributed by atoms with Crippen LogP contribution in [0.25, 0.3) is 22.2 Å². The first-order valence-electron chi connectivity index (χ1n) is 8.48. The lowest BCUT2D eigenvalue weighted by Crippen LogP contribution is -2.34. The van der Waals surface area contributed by atoms with Gasteiger partial charge in [0.1, 0.15) is 5.75 Å². The number of carbonyl (C=O) groups is 1. The van der Waals surface area contributed by atoms with E-state index >= 15 is 0 Å². The monoisotopic (exact) mass is 350 g/mol. The Hall–Kier alpha value is -3.15. The van der Waals surface area contributed by atoms with Gasteiger partial charge in [-0.1, -0.05) is 6.07 Å². The standard InChI is InChI=1S/C20H22N4O2/c1-11(2)22-20(26)24-18-10-21-16-6-5-14(9-17(16)23-18)15-7-12(3)19(25)13(4)8-15/h5-11,25H,1-4H3,(H2,22,23,24,26). The maximum Gasteiger partial charge on any atom is 0.320 e. The molecule has 0 aliphatic rings. The average Bonchev–Trinajstić information content (AvgIpc) is 2.57. The van der Waals surface area contributed by atoms with E-state index in [-0.39, 0.29) is 12.1 Å². The van der Waals surface area contributed by atoms with E-state index in [1.165, 1.54) is 6.20 Å². The molecule has 3 aromatic rings. The molecule has 0 saturated carbocycles. The molecule has 2 amide bonds. The summed E-state index contributed by atoms with van der Waals surface area (Å²) in [5.74, 6) is 0.711. The quantitative estimate of drug-likeness (QED) is 0.662. The van der Waals surface area contributed by atoms with Crippen molar-refractivity contribution in [3.8, 4) is 16.9 Å². The molecule has 6 heteroatoms. The number of carbonyl (C=O) groups excluding carboxylic acids is 1. The van der Waals surface area contributed by atoms with Crippen LogP contribution in [0.4, 0.5) is 10.6 Å². The minimum atomic E-state index is -0.311. The number of phenols is 1. The number of nitrogens with zero attached hydrogens (tertiary/aromatic N) is 2. The van der Waals surface area contributed by atoms with Crippen molar-refractivity contribution in [2.75, 3.05) is 5.32 Å². The second-order valence-electron chi connectivity index (χ2n) is 6.67. The summed E-state index contributed by atoms with van der Waals surface area (Å²) in [5.41, 5.74) is 5.06. The Labute approximate surface area is 152 Å². The summed E-state index contributed by atoms with van der Waals surface area (Å²) in [6, 6.07) is 9.41. The zero-order valence-corrected chi connectivity index (χ0v) is 15.3. The highest BCUT2D eigenvalue weighted by atomic mass is 16.3. The summed E-state index contributed by atoms with van der Waals surface area (Å²) in [4.78, 5) is 20.7. The molecule has 26 heavy (non-hydrogen) atoms. The minimum Gasteiger partial charge on any atom is -0.507 e. The SMILES string of the molecule is Cc1cc(-c2ccc3ncc(NC(=O)NC(C)C)nc3c2)cc(C)c1O. The summed E-state index contributed by atoms with van der Waals surface area (Å²) in [7, 11) is 0. The number of hydrogen-bond donors (Lipinski definition) is 3. The van der Waals surface area contributed by atoms with Crippen LogP contribution in [0.2, 0.25) is 0 Å². The third-order valence-electron chi connectivity index (χ3n) is 4.03. The fourth-order valence-corrected chi connectivity index (χ4v) is 2.79. The van der Waals surface area contributed by atoms with Crippen molar-refractivity contribution in [1.29, 1.82) is 0 Å². The van der Waals surface area contributed by atoms with E-state index in [1.807, 2.05) is 58.0 Å². The smallest absolute Gasteiger partial charge is 0.320 e. The number of benzene rings is 2. The van der Waals surface area contributed by atoms with E-state index in [9.17, 15) is 9.90 Å². The molecule has 0 spiro atoms. The van der Waals surface area contributed by atoms with Crippen molar-refractivity contribution in [2.45, 2.75) is 33.7 Å². The number of nitrogens with one attached hydrogen (secondary N) is 2. The summed E-state index contributed by atoms with van der Waals surface area (Å²) < 4.78 is 0. The van der Waals surface area contributed by atoms with Gasteiger partial charge in [-0.15, -0.1) is 0 Å². The van der Waals surface area contributed by atoms with Gasteiger partial charge in [0.15, 0.2) is 5.82 Å². The Morgan fingerprint density at radius 2 is 1.73 bits per heavy atom. The van der Waals surface area contributed by atoms with Crippen molar-refractivity contribution in [3.63, 3.8) is 0 Å². The molecule has 0 fully saturated rings. The maximum absolute atomic E-state index is 11.8. The summed E-state index contributed by atoms with van der Waals surface area (Å²) in [6.07, 6.45) is 1.54. The maximum atomic E-state index is 11.8. The second-order valence-corrected chi connectivity index (χ2v) is 6.67. The number of amides is 2. The van der Waals surface area contributed by atoms with Crippen LogP contribution in [0.1, 0.15) is 25.0 Å². The Morgan fingerprint density at radius 3 is 2.38 bits per heavy atom. The lowest BCUT2D eigenvalue weighted by molar-refractivity contribution is 0.250. The highest BCUT2D eigenvalue weighted by Gasteiger charge is 2.09. The highest BCUT2D eigenvalue weighted by molar-refractivity contribution is 5.90. The summed E-state index contributed by atoms with van der Waals surface area (Å²) in [5, 5.41) is 15.4. The number of aromatic hydroxyl groups is 1. The molecule has 1 heterocycles. The third-order valence-corrected chi connectivity index (χ3v) is 4.03. The van der Waals surface area contributed by atoms with Crippen molar-refractivity contribution in [3.05, 3.63) is 47.7 Å². The van der Waals surface area contributed by atoms with Crippen LogP contribution in [0.15, 0.2) is 36.5 Å². The number of phenolic OH excluding ortho intramolecular Hbond substituents is 1. The first-order valence-corrected chi connectivity index (χ1v) is 8.48. The van der Waals surface area contributed by atoms with Gasteiger partial charge in [-0.25, -0.2) is 9.78 Å². The molecule has 1 aromatic heterocycles. The van der Waals surface area contributed by atoms with Crippen LogP contribution < -0.4 is 10.6 Å². The van der Waals surface area contributed by atoms with E-state index < -0.39 is 0 Å². The lowest BCUT2D eigenvalue weighted by Gasteiger charge is -2.11. The van der Waals surface area contributed by atoms with Gasteiger partial charge < -0.3 is 10.4 Å². The predicted octanol–water partition coefficient (Wildman–Crippen LogP) is 4.15. The number of rotatable bonds is 3. The molecule has 0 saturated heterocycles. The largest absolute Gasteiger partial charge is 0.507 e. The molecule has 0 aliphatic carbocycles. The molecule has 0 radical (unpaired) electrons. The van der Waals surface area contributed by atoms with Crippen molar-refractivity contribution in [2.24, 2.45) is 0 Å². The Kier molecular flexibility index (Phi) is 4.75. The molecule has 3 rings (SSSR count). The minimum absolute atomic E-state index is 0.0380. The van der Waals surface area contributed by atoms with E-state index in [1.54, 1.807) is 0 Å². The number of hydrogen-bond acceptors (Lipinski definition) is 4. The Bertz CT molecular complexity index is 960. The van der Waals surface area contributed by atoms with E-state index in [4.69, 9.17) is 0 Å². The van der Waals surface area contributed by atoms with Gasteiger partial charge in [-0.3, -0.25) is 10.3 Å². The van der Waals surface area contributed by atoms with Crippen LogP contribution in [-0.2, 0) is 0 Å². The van der Waals surface area contributed by atoms with E-state index in [2.05, 4.69) is 20.6 Å². The predicted molar refractivity (Wildman–Crippen MR) is 103 cm³/mol. The first kappa shape index (κ1) is 17.7. The molecular formula is C20H22N4O2. The number of urea groups is 1. The highest BCUT2D eigenvalue weighted by Crippen LogP contribution is 2.30. The molecule has 134 valence electrons. The molecule has 0 bridgehead atoms. The topological polar surface area (TPSA) is 87.1 Å². The number of fused-ring (bicyclic) bond motifs is 1. The van der Waals surface area contributed by atoms with Gasteiger partial charge in [0.25, 0.3) is 0 Å². The lowest BCUT2D eigenvalue weighted by atomic mass is 9.99. The van der Waals surface area contributed by atoms with Crippen molar-refractivity contribution >= 4 is 22.9 Å². The van der Waals surface area contributed by atoms with Crippen molar-refractivity contribution < 1.29 is 9.90 Å². The van der Waals surface area contributed by atoms with Crippen LogP contribution in [-0.4, -0.2) is 27.1 Å². The fourth-order valence-electron chi connectivity index (χ4n) is 2.79. The molecule has 6 nitrogen and oxygen atoms in total. The van der Waals surface area contributed by atoms with E-state index in [0.717, 1.165) is 27.8 Å². The molecule has 2 aromatic carbocycles. The molecule has 3 N–H and O–H groups in total. The Balaban J connectivity index is 1.96. The van der Waals surface area contributed by atoms with Gasteiger partial charge in [0.05, 0.1) is 17.2 Å². The zero-order chi connectivity index (χ0) is 18.8. The van der Waals surface area contributed by atoms with Crippen molar-refractivity contribution in [1.82, 2.24) is 15.3 Å². The van der Waals surface area contributed by atoms with Crippen LogP contribution in [0.5, 0.6) is 5.75 Å².